The molecule has 0 aromatic heterocycles. The summed E-state index contributed by atoms with van der Waals surface area (Å²) in [5.74, 6) is -0.404. The van der Waals surface area contributed by atoms with E-state index >= 15 is 0 Å². The van der Waals surface area contributed by atoms with E-state index in [1.165, 1.54) is 96.3 Å². The van der Waals surface area contributed by atoms with Gasteiger partial charge in [-0.25, -0.2) is 0 Å². The predicted molar refractivity (Wildman–Crippen MR) is 129 cm³/mol. The quantitative estimate of drug-likeness (QED) is 0.157. The number of rotatable bonds is 24. The van der Waals surface area contributed by atoms with E-state index in [1.807, 2.05) is 0 Å². The van der Waals surface area contributed by atoms with Crippen molar-refractivity contribution in [3.8, 4) is 0 Å². The van der Waals surface area contributed by atoms with Crippen LogP contribution < -0.4 is 0 Å². The molecular formula is C27H52O3. The molecule has 1 atom stereocenters. The number of Topliss-reactive ketones (excluding diaryl/α,β-unsaturated/α-hetero) is 1. The van der Waals surface area contributed by atoms with Crippen molar-refractivity contribution in [2.24, 2.45) is 5.92 Å². The van der Waals surface area contributed by atoms with Crippen molar-refractivity contribution < 1.29 is 14.7 Å². The first-order valence-electron chi connectivity index (χ1n) is 13.3. The van der Waals surface area contributed by atoms with Gasteiger partial charge in [-0.05, 0) is 19.3 Å². The second-order valence-corrected chi connectivity index (χ2v) is 9.43. The molecule has 3 nitrogen and oxygen atoms in total. The number of ketones is 1. The lowest BCUT2D eigenvalue weighted by atomic mass is 10.0. The van der Waals surface area contributed by atoms with Crippen molar-refractivity contribution in [1.82, 2.24) is 0 Å². The lowest BCUT2D eigenvalue weighted by Gasteiger charge is -2.06. The van der Waals surface area contributed by atoms with Crippen LogP contribution in [0.25, 0.3) is 0 Å². The molecule has 0 aliphatic carbocycles. The fraction of sp³-hybridized carbons (Fsp3) is 0.926. The number of hydrogen-bond donors (Lipinski definition) is 1. The van der Waals surface area contributed by atoms with E-state index in [0.29, 0.717) is 5.78 Å². The molecule has 0 aliphatic rings. The Labute approximate surface area is 187 Å². The smallest absolute Gasteiger partial charge is 0.306 e. The largest absolute Gasteiger partial charge is 0.481 e. The first-order chi connectivity index (χ1) is 14.6. The Balaban J connectivity index is 3.21. The molecule has 0 fully saturated rings. The fourth-order valence-corrected chi connectivity index (χ4v) is 4.07. The first-order valence-corrected chi connectivity index (χ1v) is 13.3. The Hall–Kier alpha value is -0.860. The van der Waals surface area contributed by atoms with E-state index in [1.54, 1.807) is 6.92 Å². The van der Waals surface area contributed by atoms with Crippen LogP contribution in [0.15, 0.2) is 0 Å². The van der Waals surface area contributed by atoms with Crippen molar-refractivity contribution in [2.45, 2.75) is 155 Å². The van der Waals surface area contributed by atoms with Gasteiger partial charge in [-0.3, -0.25) is 9.59 Å². The average Bonchev–Trinajstić information content (AvgIpc) is 2.73. The van der Waals surface area contributed by atoms with Gasteiger partial charge in [0.1, 0.15) is 5.78 Å². The monoisotopic (exact) mass is 424 g/mol. The van der Waals surface area contributed by atoms with E-state index in [9.17, 15) is 9.59 Å². The maximum Gasteiger partial charge on any atom is 0.306 e. The van der Waals surface area contributed by atoms with Gasteiger partial charge >= 0.3 is 5.97 Å². The van der Waals surface area contributed by atoms with Gasteiger partial charge in [-0.2, -0.15) is 0 Å². The second-order valence-electron chi connectivity index (χ2n) is 9.43. The highest BCUT2D eigenvalue weighted by Gasteiger charge is 2.09. The lowest BCUT2D eigenvalue weighted by Crippen LogP contribution is -2.08. The van der Waals surface area contributed by atoms with Crippen LogP contribution in [-0.2, 0) is 9.59 Å². The summed E-state index contributed by atoms with van der Waals surface area (Å²) in [5.41, 5.74) is 0. The summed E-state index contributed by atoms with van der Waals surface area (Å²) in [6.07, 6.45) is 26.4. The molecule has 0 aromatic rings. The molecule has 0 rings (SSSR count). The summed E-state index contributed by atoms with van der Waals surface area (Å²) in [7, 11) is 0. The molecule has 0 heterocycles. The summed E-state index contributed by atoms with van der Waals surface area (Å²) in [6.45, 7) is 4.06. The Bertz CT molecular complexity index is 392. The molecule has 0 saturated heterocycles. The minimum atomic E-state index is -0.673. The van der Waals surface area contributed by atoms with Crippen molar-refractivity contribution >= 4 is 11.8 Å². The van der Waals surface area contributed by atoms with Crippen molar-refractivity contribution in [3.05, 3.63) is 0 Å². The number of carbonyl (C=O) groups excluding carboxylic acids is 1. The third-order valence-corrected chi connectivity index (χ3v) is 6.32. The number of aliphatic carboxylic acids is 1. The van der Waals surface area contributed by atoms with Gasteiger partial charge in [-0.1, -0.05) is 123 Å². The second kappa shape index (κ2) is 22.8. The molecule has 0 radical (unpaired) electrons. The molecule has 1 unspecified atom stereocenters. The highest BCUT2D eigenvalue weighted by molar-refractivity contribution is 5.78. The van der Waals surface area contributed by atoms with Crippen molar-refractivity contribution in [2.75, 3.05) is 0 Å². The molecule has 0 spiro atoms. The van der Waals surface area contributed by atoms with Crippen LogP contribution in [0.1, 0.15) is 155 Å². The van der Waals surface area contributed by atoms with E-state index in [0.717, 1.165) is 44.9 Å². The Morgan fingerprint density at radius 3 is 1.27 bits per heavy atom. The average molecular weight is 425 g/mol. The van der Waals surface area contributed by atoms with Gasteiger partial charge in [0.05, 0.1) is 5.92 Å². The van der Waals surface area contributed by atoms with Crippen molar-refractivity contribution in [3.63, 3.8) is 0 Å². The summed E-state index contributed by atoms with van der Waals surface area (Å²) >= 11 is 0. The number of carboxylic acids is 1. The number of unbranched alkanes of at least 4 members (excludes halogenated alkanes) is 17. The Morgan fingerprint density at radius 2 is 0.900 bits per heavy atom. The van der Waals surface area contributed by atoms with Crippen LogP contribution >= 0.6 is 0 Å². The Morgan fingerprint density at radius 1 is 0.567 bits per heavy atom. The van der Waals surface area contributed by atoms with Crippen LogP contribution in [0.2, 0.25) is 0 Å². The predicted octanol–water partition coefficient (Wildman–Crippen LogP) is 8.88. The summed E-state index contributed by atoms with van der Waals surface area (Å²) in [6, 6.07) is 0. The van der Waals surface area contributed by atoms with Crippen LogP contribution in [-0.4, -0.2) is 16.9 Å². The summed E-state index contributed by atoms with van der Waals surface area (Å²) in [4.78, 5) is 22.7. The zero-order valence-corrected chi connectivity index (χ0v) is 20.4. The zero-order chi connectivity index (χ0) is 22.3. The van der Waals surface area contributed by atoms with E-state index < -0.39 is 5.97 Å². The lowest BCUT2D eigenvalue weighted by molar-refractivity contribution is -0.141. The van der Waals surface area contributed by atoms with E-state index in [2.05, 4.69) is 6.92 Å². The summed E-state index contributed by atoms with van der Waals surface area (Å²) in [5, 5.41) is 8.85. The topological polar surface area (TPSA) is 54.4 Å². The number of carboxylic acid groups (broad SMARTS) is 1. The van der Waals surface area contributed by atoms with Gasteiger partial charge in [0, 0.05) is 12.8 Å². The van der Waals surface area contributed by atoms with E-state index in [4.69, 9.17) is 5.11 Å². The molecular weight excluding hydrogens is 372 g/mol. The number of hydrogen-bond acceptors (Lipinski definition) is 2. The number of carbonyl (C=O) groups is 2. The standard InChI is InChI=1S/C27H52O3/c1-3-4-5-6-7-8-9-10-14-17-20-23-26(28)24-21-18-15-12-11-13-16-19-22-25(2)27(29)30/h25H,3-24H2,1-2H3,(H,29,30). The molecule has 1 N–H and O–H groups in total. The highest BCUT2D eigenvalue weighted by Crippen LogP contribution is 2.15. The van der Waals surface area contributed by atoms with Gasteiger partial charge in [-0.15, -0.1) is 0 Å². The molecule has 0 amide bonds. The van der Waals surface area contributed by atoms with Gasteiger partial charge < -0.3 is 5.11 Å². The first kappa shape index (κ1) is 29.1. The maximum atomic E-state index is 12.0. The van der Waals surface area contributed by atoms with Gasteiger partial charge in [0.2, 0.25) is 0 Å². The molecule has 0 aliphatic heterocycles. The van der Waals surface area contributed by atoms with Gasteiger partial charge in [0.25, 0.3) is 0 Å². The van der Waals surface area contributed by atoms with Crippen LogP contribution in [0.3, 0.4) is 0 Å². The Kier molecular flexibility index (Phi) is 22.2. The minimum Gasteiger partial charge on any atom is -0.481 e. The summed E-state index contributed by atoms with van der Waals surface area (Å²) < 4.78 is 0. The normalized spacial score (nSPS) is 12.2. The molecule has 0 aromatic carbocycles. The fourth-order valence-electron chi connectivity index (χ4n) is 4.07. The highest BCUT2D eigenvalue weighted by atomic mass is 16.4. The molecule has 30 heavy (non-hydrogen) atoms. The SMILES string of the molecule is CCCCCCCCCCCCCC(=O)CCCCCCCCCCC(C)C(=O)O. The van der Waals surface area contributed by atoms with Crippen LogP contribution in [0, 0.1) is 5.92 Å². The molecule has 0 bridgehead atoms. The maximum absolute atomic E-state index is 12.0. The minimum absolute atomic E-state index is 0.201. The molecule has 0 saturated carbocycles. The van der Waals surface area contributed by atoms with E-state index in [-0.39, 0.29) is 5.92 Å². The van der Waals surface area contributed by atoms with Gasteiger partial charge in [0.15, 0.2) is 0 Å². The third kappa shape index (κ3) is 21.8. The molecule has 178 valence electrons. The van der Waals surface area contributed by atoms with Crippen LogP contribution in [0.5, 0.6) is 0 Å². The zero-order valence-electron chi connectivity index (χ0n) is 20.4. The molecule has 3 heteroatoms. The van der Waals surface area contributed by atoms with Crippen molar-refractivity contribution in [1.29, 1.82) is 0 Å². The third-order valence-electron chi connectivity index (χ3n) is 6.32. The van der Waals surface area contributed by atoms with Crippen LogP contribution in [0.4, 0.5) is 0 Å².